The van der Waals surface area contributed by atoms with E-state index in [4.69, 9.17) is 4.42 Å². The molecule has 17 heavy (non-hydrogen) atoms. The van der Waals surface area contributed by atoms with Gasteiger partial charge in [0.2, 0.25) is 5.78 Å². The van der Waals surface area contributed by atoms with Crippen molar-refractivity contribution >= 4 is 37.6 Å². The molecule has 0 bridgehead atoms. The number of benzene rings is 1. The Morgan fingerprint density at radius 1 is 1.24 bits per heavy atom. The molecule has 0 aliphatic heterocycles. The summed E-state index contributed by atoms with van der Waals surface area (Å²) in [6.07, 6.45) is 0.786. The number of halogens is 2. The molecule has 0 saturated carbocycles. The van der Waals surface area contributed by atoms with Crippen LogP contribution in [0.2, 0.25) is 0 Å². The van der Waals surface area contributed by atoms with Gasteiger partial charge in [-0.3, -0.25) is 4.79 Å². The van der Waals surface area contributed by atoms with Gasteiger partial charge in [0.25, 0.3) is 0 Å². The summed E-state index contributed by atoms with van der Waals surface area (Å²) in [5, 5.41) is 0. The van der Waals surface area contributed by atoms with Crippen molar-refractivity contribution in [3.05, 3.63) is 56.4 Å². The highest BCUT2D eigenvalue weighted by molar-refractivity contribution is 9.11. The van der Waals surface area contributed by atoms with Crippen LogP contribution in [0.3, 0.4) is 0 Å². The molecule has 0 aliphatic rings. The third-order valence-electron chi connectivity index (χ3n) is 2.41. The van der Waals surface area contributed by atoms with Crippen molar-refractivity contribution < 1.29 is 9.21 Å². The number of ketones is 1. The number of furan rings is 1. The maximum absolute atomic E-state index is 12.2. The van der Waals surface area contributed by atoms with E-state index >= 15 is 0 Å². The Balaban J connectivity index is 2.36. The van der Waals surface area contributed by atoms with Crippen molar-refractivity contribution in [3.63, 3.8) is 0 Å². The first-order valence-corrected chi connectivity index (χ1v) is 6.79. The molecule has 4 heteroatoms. The van der Waals surface area contributed by atoms with Crippen molar-refractivity contribution in [3.8, 4) is 0 Å². The standard InChI is InChI=1S/C13H10Br2O2/c1-2-9-4-6-12(17-9)13(16)10-5-3-8(14)7-11(10)15/h3-7H,2H2,1H3. The van der Waals surface area contributed by atoms with Gasteiger partial charge in [0, 0.05) is 20.9 Å². The molecule has 0 saturated heterocycles. The van der Waals surface area contributed by atoms with Crippen LogP contribution in [0.1, 0.15) is 28.8 Å². The number of hydrogen-bond acceptors (Lipinski definition) is 2. The Hall–Kier alpha value is -0.870. The Morgan fingerprint density at radius 3 is 2.59 bits per heavy atom. The van der Waals surface area contributed by atoms with Crippen LogP contribution in [0.15, 0.2) is 43.7 Å². The molecule has 0 fully saturated rings. The molecule has 88 valence electrons. The van der Waals surface area contributed by atoms with Gasteiger partial charge in [-0.25, -0.2) is 0 Å². The Morgan fingerprint density at radius 2 is 2.00 bits per heavy atom. The van der Waals surface area contributed by atoms with Gasteiger partial charge in [0.05, 0.1) is 0 Å². The van der Waals surface area contributed by atoms with Crippen molar-refractivity contribution in [1.29, 1.82) is 0 Å². The van der Waals surface area contributed by atoms with Gasteiger partial charge in [-0.15, -0.1) is 0 Å². The number of rotatable bonds is 3. The summed E-state index contributed by atoms with van der Waals surface area (Å²) in [4.78, 5) is 12.2. The van der Waals surface area contributed by atoms with Gasteiger partial charge in [-0.1, -0.05) is 22.9 Å². The van der Waals surface area contributed by atoms with Gasteiger partial charge in [0.15, 0.2) is 5.76 Å². The van der Waals surface area contributed by atoms with Crippen molar-refractivity contribution in [2.75, 3.05) is 0 Å². The summed E-state index contributed by atoms with van der Waals surface area (Å²) in [7, 11) is 0. The Kier molecular flexibility index (Phi) is 3.84. The molecule has 1 heterocycles. The van der Waals surface area contributed by atoms with E-state index in [1.165, 1.54) is 0 Å². The molecule has 0 aliphatic carbocycles. The number of hydrogen-bond donors (Lipinski definition) is 0. The van der Waals surface area contributed by atoms with Crippen LogP contribution in [0.5, 0.6) is 0 Å². The molecule has 0 spiro atoms. The minimum absolute atomic E-state index is 0.107. The summed E-state index contributed by atoms with van der Waals surface area (Å²) in [5.74, 6) is 1.09. The van der Waals surface area contributed by atoms with Crippen LogP contribution in [-0.4, -0.2) is 5.78 Å². The molecule has 0 N–H and O–H groups in total. The summed E-state index contributed by atoms with van der Waals surface area (Å²) >= 11 is 6.73. The Bertz CT molecular complexity index is 558. The minimum atomic E-state index is -0.107. The lowest BCUT2D eigenvalue weighted by Gasteiger charge is -2.02. The molecule has 2 rings (SSSR count). The van der Waals surface area contributed by atoms with E-state index in [2.05, 4.69) is 31.9 Å². The number of carbonyl (C=O) groups is 1. The van der Waals surface area contributed by atoms with Gasteiger partial charge < -0.3 is 4.42 Å². The zero-order valence-corrected chi connectivity index (χ0v) is 12.3. The first kappa shape index (κ1) is 12.6. The van der Waals surface area contributed by atoms with Crippen LogP contribution < -0.4 is 0 Å². The van der Waals surface area contributed by atoms with Crippen LogP contribution in [0, 0.1) is 0 Å². The second-order valence-corrected chi connectivity index (χ2v) is 5.34. The van der Waals surface area contributed by atoms with E-state index in [-0.39, 0.29) is 5.78 Å². The monoisotopic (exact) mass is 356 g/mol. The average Bonchev–Trinajstić information content (AvgIpc) is 2.76. The van der Waals surface area contributed by atoms with Crippen LogP contribution in [0.25, 0.3) is 0 Å². The summed E-state index contributed by atoms with van der Waals surface area (Å²) in [6, 6.07) is 9.00. The third kappa shape index (κ3) is 2.69. The fraction of sp³-hybridized carbons (Fsp3) is 0.154. The second-order valence-electron chi connectivity index (χ2n) is 3.57. The fourth-order valence-corrected chi connectivity index (χ4v) is 2.72. The van der Waals surface area contributed by atoms with Crippen LogP contribution in [0.4, 0.5) is 0 Å². The molecule has 1 aromatic carbocycles. The largest absolute Gasteiger partial charge is 0.458 e. The molecule has 0 unspecified atom stereocenters. The maximum Gasteiger partial charge on any atom is 0.229 e. The van der Waals surface area contributed by atoms with E-state index in [1.54, 1.807) is 12.1 Å². The normalized spacial score (nSPS) is 10.5. The molecular formula is C13H10Br2O2. The maximum atomic E-state index is 12.2. The van der Waals surface area contributed by atoms with E-state index in [9.17, 15) is 4.79 Å². The summed E-state index contributed by atoms with van der Waals surface area (Å²) in [5.41, 5.74) is 0.602. The Labute approximate surface area is 116 Å². The summed E-state index contributed by atoms with van der Waals surface area (Å²) < 4.78 is 7.13. The zero-order valence-electron chi connectivity index (χ0n) is 9.17. The highest BCUT2D eigenvalue weighted by Crippen LogP contribution is 2.24. The first-order chi connectivity index (χ1) is 8.11. The summed E-state index contributed by atoms with van der Waals surface area (Å²) in [6.45, 7) is 1.99. The quantitative estimate of drug-likeness (QED) is 0.751. The third-order valence-corrected chi connectivity index (χ3v) is 3.56. The highest BCUT2D eigenvalue weighted by Gasteiger charge is 2.16. The van der Waals surface area contributed by atoms with Crippen molar-refractivity contribution in [1.82, 2.24) is 0 Å². The predicted molar refractivity (Wildman–Crippen MR) is 73.4 cm³/mol. The van der Waals surface area contributed by atoms with Crippen LogP contribution >= 0.6 is 31.9 Å². The topological polar surface area (TPSA) is 30.2 Å². The molecule has 0 atom stereocenters. The van der Waals surface area contributed by atoms with Gasteiger partial charge in [0.1, 0.15) is 5.76 Å². The van der Waals surface area contributed by atoms with Gasteiger partial charge in [-0.05, 0) is 46.3 Å². The highest BCUT2D eigenvalue weighted by atomic mass is 79.9. The lowest BCUT2D eigenvalue weighted by atomic mass is 10.1. The number of aryl methyl sites for hydroxylation is 1. The average molecular weight is 358 g/mol. The molecule has 2 aromatic rings. The van der Waals surface area contributed by atoms with Gasteiger partial charge >= 0.3 is 0 Å². The molecule has 0 radical (unpaired) electrons. The molecule has 2 nitrogen and oxygen atoms in total. The van der Waals surface area contributed by atoms with E-state index < -0.39 is 0 Å². The smallest absolute Gasteiger partial charge is 0.229 e. The molecule has 1 aromatic heterocycles. The van der Waals surface area contributed by atoms with E-state index in [1.807, 2.05) is 25.1 Å². The lowest BCUT2D eigenvalue weighted by Crippen LogP contribution is -2.00. The predicted octanol–water partition coefficient (Wildman–Crippen LogP) is 4.60. The molecule has 0 amide bonds. The second kappa shape index (κ2) is 5.19. The number of carbonyl (C=O) groups excluding carboxylic acids is 1. The van der Waals surface area contributed by atoms with Crippen LogP contribution in [-0.2, 0) is 6.42 Å². The van der Waals surface area contributed by atoms with E-state index in [0.717, 1.165) is 21.1 Å². The lowest BCUT2D eigenvalue weighted by molar-refractivity contribution is 0.101. The zero-order chi connectivity index (χ0) is 12.4. The van der Waals surface area contributed by atoms with Gasteiger partial charge in [-0.2, -0.15) is 0 Å². The van der Waals surface area contributed by atoms with Crippen molar-refractivity contribution in [2.24, 2.45) is 0 Å². The first-order valence-electron chi connectivity index (χ1n) is 5.20. The van der Waals surface area contributed by atoms with Crippen molar-refractivity contribution in [2.45, 2.75) is 13.3 Å². The van der Waals surface area contributed by atoms with E-state index in [0.29, 0.717) is 11.3 Å². The minimum Gasteiger partial charge on any atom is -0.458 e. The fourth-order valence-electron chi connectivity index (χ4n) is 1.50. The molecular weight excluding hydrogens is 348 g/mol. The SMILES string of the molecule is CCc1ccc(C(=O)c2ccc(Br)cc2Br)o1.